The molecule has 14 rings (SSSR count). The van der Waals surface area contributed by atoms with Gasteiger partial charge in [0, 0.05) is 61.0 Å². The zero-order chi connectivity index (χ0) is 41.9. The fourth-order valence-corrected chi connectivity index (χ4v) is 10.9. The van der Waals surface area contributed by atoms with Crippen LogP contribution < -0.4 is 4.90 Å². The van der Waals surface area contributed by atoms with Crippen LogP contribution >= 0.6 is 0 Å². The summed E-state index contributed by atoms with van der Waals surface area (Å²) in [7, 11) is 0. The van der Waals surface area contributed by atoms with Crippen LogP contribution in [0.15, 0.2) is 206 Å². The second-order valence-corrected chi connectivity index (χ2v) is 16.8. The Morgan fingerprint density at radius 2 is 0.984 bits per heavy atom. The van der Waals surface area contributed by atoms with Crippen LogP contribution in [0, 0.1) is 0 Å². The normalized spacial score (nSPS) is 15.4. The third kappa shape index (κ3) is 4.89. The molecule has 0 radical (unpaired) electrons. The molecule has 0 N–H and O–H groups in total. The first-order valence-electron chi connectivity index (χ1n) is 21.9. The number of para-hydroxylation sites is 6. The van der Waals surface area contributed by atoms with Crippen molar-refractivity contribution in [3.05, 3.63) is 223 Å². The standard InChI is InChI=1S/C57H37N7/c1-4-18-36(19-5-1)55-58-56(63-47-29-15-11-24-39(47)42-34-35-50-51(52(42)63)45-27-13-17-31-49(45)61(50)37-20-6-2-7-21-37)60-57(59-55)64-48-30-16-12-26-41(48)44-33-32-43-40-25-10-14-28-46(40)62(53(43)54(44)64)38-22-8-3-9-23-38/h1-35,44,54H. The monoisotopic (exact) mass is 819 g/mol. The van der Waals surface area contributed by atoms with Crippen molar-refractivity contribution in [2.45, 2.75) is 12.0 Å². The van der Waals surface area contributed by atoms with E-state index in [1.54, 1.807) is 0 Å². The smallest absolute Gasteiger partial charge is 0.240 e. The quantitative estimate of drug-likeness (QED) is 0.174. The molecular formula is C57H37N7. The lowest BCUT2D eigenvalue weighted by Crippen LogP contribution is -2.28. The molecule has 1 aliphatic heterocycles. The lowest BCUT2D eigenvalue weighted by molar-refractivity contribution is 0.625. The van der Waals surface area contributed by atoms with Gasteiger partial charge in [0.15, 0.2) is 5.82 Å². The van der Waals surface area contributed by atoms with Crippen molar-refractivity contribution in [2.24, 2.45) is 0 Å². The van der Waals surface area contributed by atoms with E-state index in [4.69, 9.17) is 15.0 Å². The Labute approximate surface area is 368 Å². The van der Waals surface area contributed by atoms with Crippen LogP contribution in [0.1, 0.15) is 28.8 Å². The number of rotatable bonds is 5. The molecule has 12 aromatic rings. The SMILES string of the molecule is C1=CC2c3ccccc3N(c3nc(-c4ccccc4)nc(-n4c5ccccc5c5ccc6c(c7ccccc7n6-c6ccccc6)c54)n3)C2c2c1c1ccccc1n2-c1ccccc1. The third-order valence-corrected chi connectivity index (χ3v) is 13.4. The maximum atomic E-state index is 5.68. The zero-order valence-electron chi connectivity index (χ0n) is 34.5. The molecular weight excluding hydrogens is 783 g/mol. The first kappa shape index (κ1) is 35.1. The van der Waals surface area contributed by atoms with Crippen LogP contribution in [0.4, 0.5) is 11.6 Å². The van der Waals surface area contributed by atoms with Gasteiger partial charge < -0.3 is 14.0 Å². The summed E-state index contributed by atoms with van der Waals surface area (Å²) in [5, 5.41) is 5.82. The molecule has 7 nitrogen and oxygen atoms in total. The topological polar surface area (TPSA) is 56.7 Å². The van der Waals surface area contributed by atoms with E-state index in [0.717, 1.165) is 60.9 Å². The summed E-state index contributed by atoms with van der Waals surface area (Å²) in [6.45, 7) is 0. The number of hydrogen-bond acceptors (Lipinski definition) is 4. The van der Waals surface area contributed by atoms with Crippen LogP contribution in [0.2, 0.25) is 0 Å². The van der Waals surface area contributed by atoms with E-state index in [-0.39, 0.29) is 12.0 Å². The maximum absolute atomic E-state index is 5.68. The first-order valence-corrected chi connectivity index (χ1v) is 21.9. The molecule has 0 fully saturated rings. The van der Waals surface area contributed by atoms with Gasteiger partial charge in [-0.2, -0.15) is 15.0 Å². The summed E-state index contributed by atoms with van der Waals surface area (Å²) in [5.41, 5.74) is 13.4. The number of fused-ring (bicyclic) bond motifs is 14. The summed E-state index contributed by atoms with van der Waals surface area (Å²) in [6, 6.07) is 71.0. The van der Waals surface area contributed by atoms with E-state index in [1.807, 2.05) is 6.07 Å². The van der Waals surface area contributed by atoms with E-state index in [0.29, 0.717) is 17.7 Å². The van der Waals surface area contributed by atoms with Crippen molar-refractivity contribution in [2.75, 3.05) is 4.90 Å². The molecule has 300 valence electrons. The number of benzene rings is 8. The number of aromatic nitrogens is 6. The minimum atomic E-state index is -0.155. The van der Waals surface area contributed by atoms with Gasteiger partial charge in [-0.3, -0.25) is 4.57 Å². The van der Waals surface area contributed by atoms with Gasteiger partial charge in [-0.1, -0.05) is 158 Å². The first-order chi connectivity index (χ1) is 31.8. The van der Waals surface area contributed by atoms with E-state index in [1.165, 1.54) is 33.1 Å². The van der Waals surface area contributed by atoms with Crippen LogP contribution in [-0.4, -0.2) is 28.7 Å². The fourth-order valence-electron chi connectivity index (χ4n) is 10.9. The predicted molar refractivity (Wildman–Crippen MR) is 260 cm³/mol. The molecule has 7 heteroatoms. The van der Waals surface area contributed by atoms with Crippen molar-refractivity contribution < 1.29 is 0 Å². The summed E-state index contributed by atoms with van der Waals surface area (Å²) in [4.78, 5) is 19.0. The average Bonchev–Trinajstić information content (AvgIpc) is 4.10. The molecule has 2 aliphatic rings. The van der Waals surface area contributed by atoms with Crippen LogP contribution in [-0.2, 0) is 0 Å². The Balaban J connectivity index is 1.09. The Morgan fingerprint density at radius 3 is 1.73 bits per heavy atom. The average molecular weight is 820 g/mol. The Bertz CT molecular complexity index is 3860. The lowest BCUT2D eigenvalue weighted by Gasteiger charge is -2.32. The van der Waals surface area contributed by atoms with Gasteiger partial charge in [0.2, 0.25) is 11.9 Å². The summed E-state index contributed by atoms with van der Waals surface area (Å²) in [5.74, 6) is 1.82. The molecule has 8 aromatic carbocycles. The molecule has 5 heterocycles. The number of nitrogens with zero attached hydrogens (tertiary/aromatic N) is 7. The maximum Gasteiger partial charge on any atom is 0.240 e. The molecule has 0 saturated heterocycles. The minimum absolute atomic E-state index is 0.0489. The van der Waals surface area contributed by atoms with E-state index >= 15 is 0 Å². The molecule has 0 bridgehead atoms. The predicted octanol–water partition coefficient (Wildman–Crippen LogP) is 13.7. The fraction of sp³-hybridized carbons (Fsp3) is 0.0351. The molecule has 2 atom stereocenters. The van der Waals surface area contributed by atoms with E-state index in [2.05, 4.69) is 225 Å². The highest BCUT2D eigenvalue weighted by Gasteiger charge is 2.45. The summed E-state index contributed by atoms with van der Waals surface area (Å²) >= 11 is 0. The highest BCUT2D eigenvalue weighted by atomic mass is 15.4. The lowest BCUT2D eigenvalue weighted by atomic mass is 9.86. The van der Waals surface area contributed by atoms with Gasteiger partial charge in [0.1, 0.15) is 0 Å². The second-order valence-electron chi connectivity index (χ2n) is 16.8. The third-order valence-electron chi connectivity index (χ3n) is 13.4. The van der Waals surface area contributed by atoms with Crippen molar-refractivity contribution in [3.8, 4) is 28.7 Å². The van der Waals surface area contributed by atoms with Gasteiger partial charge in [-0.05, 0) is 60.2 Å². The highest BCUT2D eigenvalue weighted by molar-refractivity contribution is 6.26. The zero-order valence-corrected chi connectivity index (χ0v) is 34.5. The van der Waals surface area contributed by atoms with Crippen LogP contribution in [0.25, 0.3) is 89.3 Å². The van der Waals surface area contributed by atoms with Crippen molar-refractivity contribution in [1.29, 1.82) is 0 Å². The Kier molecular flexibility index (Phi) is 7.39. The van der Waals surface area contributed by atoms with Gasteiger partial charge in [0.05, 0.1) is 39.3 Å². The molecule has 1 aliphatic carbocycles. The van der Waals surface area contributed by atoms with Gasteiger partial charge in [0.25, 0.3) is 0 Å². The van der Waals surface area contributed by atoms with Gasteiger partial charge >= 0.3 is 0 Å². The Morgan fingerprint density at radius 1 is 0.406 bits per heavy atom. The second kappa shape index (κ2) is 13.5. The van der Waals surface area contributed by atoms with E-state index < -0.39 is 0 Å². The van der Waals surface area contributed by atoms with Crippen molar-refractivity contribution in [1.82, 2.24) is 28.7 Å². The van der Waals surface area contributed by atoms with Crippen LogP contribution in [0.5, 0.6) is 0 Å². The van der Waals surface area contributed by atoms with Crippen LogP contribution in [0.3, 0.4) is 0 Å². The number of anilines is 2. The van der Waals surface area contributed by atoms with Gasteiger partial charge in [-0.15, -0.1) is 0 Å². The van der Waals surface area contributed by atoms with Gasteiger partial charge in [-0.25, -0.2) is 0 Å². The molecule has 2 unspecified atom stereocenters. The Hall–Kier alpha value is -8.55. The molecule has 0 spiro atoms. The highest BCUT2D eigenvalue weighted by Crippen LogP contribution is 2.57. The molecule has 64 heavy (non-hydrogen) atoms. The van der Waals surface area contributed by atoms with E-state index in [9.17, 15) is 0 Å². The largest absolute Gasteiger partial charge is 0.311 e. The number of hydrogen-bond donors (Lipinski definition) is 0. The minimum Gasteiger partial charge on any atom is -0.311 e. The summed E-state index contributed by atoms with van der Waals surface area (Å²) in [6.07, 6.45) is 4.72. The van der Waals surface area contributed by atoms with Crippen molar-refractivity contribution in [3.63, 3.8) is 0 Å². The summed E-state index contributed by atoms with van der Waals surface area (Å²) < 4.78 is 7.12. The molecule has 0 amide bonds. The molecule has 4 aromatic heterocycles. The van der Waals surface area contributed by atoms with Crippen molar-refractivity contribution >= 4 is 72.2 Å². The molecule has 0 saturated carbocycles.